The van der Waals surface area contributed by atoms with Crippen LogP contribution < -0.4 is 11.4 Å². The van der Waals surface area contributed by atoms with E-state index in [0.29, 0.717) is 17.5 Å². The number of ether oxygens (including phenoxy) is 1. The van der Waals surface area contributed by atoms with E-state index in [1.165, 1.54) is 22.4 Å². The van der Waals surface area contributed by atoms with Crippen LogP contribution in [-0.4, -0.2) is 27.4 Å². The first-order valence-corrected chi connectivity index (χ1v) is 6.89. The summed E-state index contributed by atoms with van der Waals surface area (Å²) in [6.45, 7) is 1.28. The van der Waals surface area contributed by atoms with E-state index in [9.17, 15) is 14.3 Å². The van der Waals surface area contributed by atoms with Gasteiger partial charge in [0.05, 0.1) is 12.9 Å². The molecule has 0 bridgehead atoms. The smallest absolute Gasteiger partial charge is 0.351 e. The van der Waals surface area contributed by atoms with E-state index in [4.69, 9.17) is 22.1 Å². The van der Waals surface area contributed by atoms with Gasteiger partial charge in [0.2, 0.25) is 0 Å². The maximum absolute atomic E-state index is 13.1. The first-order valence-electron chi connectivity index (χ1n) is 6.46. The van der Waals surface area contributed by atoms with Crippen molar-refractivity contribution in [2.45, 2.75) is 19.3 Å². The van der Waals surface area contributed by atoms with E-state index in [1.807, 2.05) is 0 Å². The fraction of sp³-hybridized carbons (Fsp3) is 0.286. The average molecular weight is 328 g/mol. The van der Waals surface area contributed by atoms with Gasteiger partial charge in [0.15, 0.2) is 6.23 Å². The van der Waals surface area contributed by atoms with Crippen LogP contribution in [-0.2, 0) is 4.74 Å². The quantitative estimate of drug-likeness (QED) is 0.882. The van der Waals surface area contributed by atoms with E-state index in [1.54, 1.807) is 13.0 Å². The second-order valence-corrected chi connectivity index (χ2v) is 4.78. The number of nitrogens with two attached hydrogens (primary N) is 1. The molecule has 2 rings (SSSR count). The van der Waals surface area contributed by atoms with Crippen molar-refractivity contribution in [1.82, 2.24) is 9.55 Å². The SMILES string of the molecule is C/C=C1\C(=C/F)C(CO)OC1n1cc(/C=C/Cl)c(N)nc1=O. The molecule has 1 aliphatic rings. The van der Waals surface area contributed by atoms with E-state index in [-0.39, 0.29) is 11.4 Å². The molecule has 0 aromatic carbocycles. The Kier molecular flexibility index (Phi) is 5.12. The van der Waals surface area contributed by atoms with Crippen molar-refractivity contribution < 1.29 is 14.2 Å². The number of aliphatic hydroxyl groups is 1. The molecule has 1 aliphatic heterocycles. The van der Waals surface area contributed by atoms with E-state index >= 15 is 0 Å². The summed E-state index contributed by atoms with van der Waals surface area (Å²) in [6.07, 6.45) is 3.13. The first-order chi connectivity index (χ1) is 10.6. The number of hydrogen-bond donors (Lipinski definition) is 2. The largest absolute Gasteiger partial charge is 0.393 e. The third-order valence-electron chi connectivity index (χ3n) is 3.34. The number of anilines is 1. The number of aliphatic hydroxyl groups excluding tert-OH is 1. The second kappa shape index (κ2) is 6.87. The number of halogens is 2. The van der Waals surface area contributed by atoms with Crippen molar-refractivity contribution >= 4 is 23.5 Å². The minimum Gasteiger partial charge on any atom is -0.393 e. The molecule has 1 aromatic heterocycles. The zero-order chi connectivity index (χ0) is 16.3. The molecule has 2 heterocycles. The molecule has 1 aromatic rings. The van der Waals surface area contributed by atoms with Gasteiger partial charge in [-0.05, 0) is 13.0 Å². The molecule has 6 nitrogen and oxygen atoms in total. The van der Waals surface area contributed by atoms with Gasteiger partial charge in [-0.15, -0.1) is 0 Å². The third kappa shape index (κ3) is 2.83. The Labute approximate surface area is 131 Å². The highest BCUT2D eigenvalue weighted by Gasteiger charge is 2.36. The van der Waals surface area contributed by atoms with Gasteiger partial charge in [0.25, 0.3) is 0 Å². The standard InChI is InChI=1S/C14H15ClFN3O3/c1-2-9-10(5-16)11(7-20)22-13(9)19-6-8(3-4-15)12(17)18-14(19)21/h2-6,11,13,20H,7H2,1H3,(H2,17,18,21)/b4-3+,9-2+,10-5+. The summed E-state index contributed by atoms with van der Waals surface area (Å²) in [7, 11) is 0. The van der Waals surface area contributed by atoms with Crippen LogP contribution in [0, 0.1) is 0 Å². The van der Waals surface area contributed by atoms with Crippen molar-refractivity contribution in [3.63, 3.8) is 0 Å². The van der Waals surface area contributed by atoms with Crippen molar-refractivity contribution in [2.24, 2.45) is 0 Å². The summed E-state index contributed by atoms with van der Waals surface area (Å²) in [5.41, 5.74) is 7.29. The third-order valence-corrected chi connectivity index (χ3v) is 3.47. The fourth-order valence-corrected chi connectivity index (χ4v) is 2.43. The summed E-state index contributed by atoms with van der Waals surface area (Å²) in [5.74, 6) is 0.0261. The van der Waals surface area contributed by atoms with Crippen molar-refractivity contribution in [1.29, 1.82) is 0 Å². The molecule has 2 unspecified atom stereocenters. The average Bonchev–Trinajstić information content (AvgIpc) is 2.87. The molecule has 22 heavy (non-hydrogen) atoms. The Balaban J connectivity index is 2.56. The van der Waals surface area contributed by atoms with Crippen molar-refractivity contribution in [3.8, 4) is 0 Å². The lowest BCUT2D eigenvalue weighted by Gasteiger charge is -2.16. The van der Waals surface area contributed by atoms with Gasteiger partial charge in [0, 0.05) is 28.4 Å². The molecular weight excluding hydrogens is 313 g/mol. The van der Waals surface area contributed by atoms with Gasteiger partial charge >= 0.3 is 5.69 Å². The lowest BCUT2D eigenvalue weighted by atomic mass is 10.0. The molecule has 0 aliphatic carbocycles. The van der Waals surface area contributed by atoms with Crippen LogP contribution in [0.15, 0.2) is 40.1 Å². The predicted molar refractivity (Wildman–Crippen MR) is 81.7 cm³/mol. The molecule has 2 atom stereocenters. The minimum atomic E-state index is -0.896. The van der Waals surface area contributed by atoms with Crippen LogP contribution >= 0.6 is 11.6 Å². The van der Waals surface area contributed by atoms with Crippen LogP contribution in [0.1, 0.15) is 18.7 Å². The number of allylic oxidation sites excluding steroid dienone is 1. The number of nitrogens with zero attached hydrogens (tertiary/aromatic N) is 2. The molecule has 0 saturated carbocycles. The number of hydrogen-bond acceptors (Lipinski definition) is 5. The van der Waals surface area contributed by atoms with Crippen molar-refractivity contribution in [2.75, 3.05) is 12.3 Å². The highest BCUT2D eigenvalue weighted by molar-refractivity contribution is 6.27. The van der Waals surface area contributed by atoms with E-state index in [2.05, 4.69) is 4.98 Å². The lowest BCUT2D eigenvalue weighted by Crippen LogP contribution is -2.29. The molecule has 1 fully saturated rings. The van der Waals surface area contributed by atoms with Gasteiger partial charge in [0.1, 0.15) is 11.9 Å². The summed E-state index contributed by atoms with van der Waals surface area (Å²) >= 11 is 5.52. The van der Waals surface area contributed by atoms with Gasteiger partial charge in [-0.3, -0.25) is 4.57 Å². The molecule has 0 spiro atoms. The topological polar surface area (TPSA) is 90.4 Å². The Bertz CT molecular complexity index is 712. The van der Waals surface area contributed by atoms with Crippen LogP contribution in [0.3, 0.4) is 0 Å². The maximum Gasteiger partial charge on any atom is 0.351 e. The van der Waals surface area contributed by atoms with E-state index < -0.39 is 24.6 Å². The molecular formula is C14H15ClFN3O3. The lowest BCUT2D eigenvalue weighted by molar-refractivity contribution is -0.00835. The van der Waals surface area contributed by atoms with Gasteiger partial charge in [-0.2, -0.15) is 4.98 Å². The first kappa shape index (κ1) is 16.4. The number of rotatable bonds is 3. The van der Waals surface area contributed by atoms with Gasteiger partial charge in [-0.1, -0.05) is 17.7 Å². The van der Waals surface area contributed by atoms with Gasteiger partial charge in [-0.25, -0.2) is 9.18 Å². The van der Waals surface area contributed by atoms with Crippen LogP contribution in [0.25, 0.3) is 6.08 Å². The minimum absolute atomic E-state index is 0.0261. The zero-order valence-electron chi connectivity index (χ0n) is 11.7. The summed E-state index contributed by atoms with van der Waals surface area (Å²) < 4.78 is 19.8. The van der Waals surface area contributed by atoms with Crippen LogP contribution in [0.5, 0.6) is 0 Å². The zero-order valence-corrected chi connectivity index (χ0v) is 12.5. The van der Waals surface area contributed by atoms with Crippen molar-refractivity contribution in [3.05, 3.63) is 51.3 Å². The fourth-order valence-electron chi connectivity index (χ4n) is 2.29. The summed E-state index contributed by atoms with van der Waals surface area (Å²) in [4.78, 5) is 15.8. The molecule has 8 heteroatoms. The number of nitrogen functional groups attached to an aromatic ring is 1. The Hall–Kier alpha value is -1.96. The molecule has 0 amide bonds. The molecule has 3 N–H and O–H groups in total. The Morgan fingerprint density at radius 1 is 1.59 bits per heavy atom. The molecule has 0 radical (unpaired) electrons. The van der Waals surface area contributed by atoms with Gasteiger partial charge < -0.3 is 15.6 Å². The second-order valence-electron chi connectivity index (χ2n) is 4.53. The van der Waals surface area contributed by atoms with Crippen LogP contribution in [0.2, 0.25) is 0 Å². The monoisotopic (exact) mass is 327 g/mol. The van der Waals surface area contributed by atoms with E-state index in [0.717, 1.165) is 0 Å². The Morgan fingerprint density at radius 3 is 2.86 bits per heavy atom. The summed E-state index contributed by atoms with van der Waals surface area (Å²) in [6, 6.07) is 0. The Morgan fingerprint density at radius 2 is 2.32 bits per heavy atom. The van der Waals surface area contributed by atoms with Crippen LogP contribution in [0.4, 0.5) is 10.2 Å². The highest BCUT2D eigenvalue weighted by atomic mass is 35.5. The summed E-state index contributed by atoms with van der Waals surface area (Å²) in [5, 5.41) is 9.29. The molecule has 1 saturated heterocycles. The predicted octanol–water partition coefficient (Wildman–Crippen LogP) is 1.72. The highest BCUT2D eigenvalue weighted by Crippen LogP contribution is 2.37. The molecule has 118 valence electrons. The normalized spacial score (nSPS) is 25.6. The number of aromatic nitrogens is 2. The maximum atomic E-state index is 13.1.